The molecule has 1 amide bonds. The standard InChI is InChI=1S/C23H20N4O4/c1-3-30-21(28)18-19(24)31-20-17(13(2)26-27(20)14-9-5-4-6-10-14)23(18)15-11-7-8-12-16(15)25-22(23)29/h4-12H,3,24H2,1-2H3,(H,25,29). The summed E-state index contributed by atoms with van der Waals surface area (Å²) in [7, 11) is 0. The quantitative estimate of drug-likeness (QED) is 0.635. The number of nitrogens with zero attached hydrogens (tertiary/aromatic N) is 2. The van der Waals surface area contributed by atoms with Crippen LogP contribution in [0.3, 0.4) is 0 Å². The summed E-state index contributed by atoms with van der Waals surface area (Å²) in [6.07, 6.45) is 0. The highest BCUT2D eigenvalue weighted by atomic mass is 16.5. The third kappa shape index (κ3) is 2.44. The van der Waals surface area contributed by atoms with Gasteiger partial charge in [0.15, 0.2) is 0 Å². The lowest BCUT2D eigenvalue weighted by Gasteiger charge is -2.34. The SMILES string of the molecule is CCOC(=O)C1=C(N)Oc2c(c(C)nn2-c2ccccc2)C12C(=O)Nc1ccccc12. The first-order valence-corrected chi connectivity index (χ1v) is 9.91. The number of aromatic nitrogens is 2. The number of ether oxygens (including phenoxy) is 2. The molecule has 3 heterocycles. The van der Waals surface area contributed by atoms with Crippen molar-refractivity contribution in [2.24, 2.45) is 5.73 Å². The van der Waals surface area contributed by atoms with Gasteiger partial charge < -0.3 is 20.5 Å². The summed E-state index contributed by atoms with van der Waals surface area (Å²) in [4.78, 5) is 26.7. The van der Waals surface area contributed by atoms with Gasteiger partial charge in [-0.2, -0.15) is 5.10 Å². The van der Waals surface area contributed by atoms with Gasteiger partial charge in [0.05, 0.1) is 23.6 Å². The Bertz CT molecular complexity index is 1260. The van der Waals surface area contributed by atoms with E-state index in [1.165, 1.54) is 0 Å². The van der Waals surface area contributed by atoms with Gasteiger partial charge in [-0.05, 0) is 32.0 Å². The largest absolute Gasteiger partial charge is 0.462 e. The van der Waals surface area contributed by atoms with Gasteiger partial charge in [-0.3, -0.25) is 4.79 Å². The second-order valence-corrected chi connectivity index (χ2v) is 7.32. The van der Waals surface area contributed by atoms with E-state index in [9.17, 15) is 9.59 Å². The molecule has 1 aromatic heterocycles. The van der Waals surface area contributed by atoms with Crippen LogP contribution in [0.25, 0.3) is 5.69 Å². The van der Waals surface area contributed by atoms with Crippen LogP contribution in [0.15, 0.2) is 66.1 Å². The van der Waals surface area contributed by atoms with Gasteiger partial charge in [-0.25, -0.2) is 9.48 Å². The predicted molar refractivity (Wildman–Crippen MR) is 113 cm³/mol. The van der Waals surface area contributed by atoms with Crippen LogP contribution in [-0.2, 0) is 19.7 Å². The summed E-state index contributed by atoms with van der Waals surface area (Å²) >= 11 is 0. The van der Waals surface area contributed by atoms with E-state index in [0.717, 1.165) is 5.69 Å². The highest BCUT2D eigenvalue weighted by Crippen LogP contribution is 2.54. The summed E-state index contributed by atoms with van der Waals surface area (Å²) in [6, 6.07) is 16.6. The number of nitrogens with one attached hydrogen (secondary N) is 1. The maximum Gasteiger partial charge on any atom is 0.341 e. The molecule has 3 N–H and O–H groups in total. The highest BCUT2D eigenvalue weighted by Gasteiger charge is 2.60. The number of esters is 1. The lowest BCUT2D eigenvalue weighted by atomic mass is 9.68. The Morgan fingerprint density at radius 2 is 1.90 bits per heavy atom. The number of nitrogens with two attached hydrogens (primary N) is 1. The minimum Gasteiger partial charge on any atom is -0.462 e. The number of fused-ring (bicyclic) bond motifs is 4. The summed E-state index contributed by atoms with van der Waals surface area (Å²) < 4.78 is 12.8. The Hall–Kier alpha value is -4.07. The van der Waals surface area contributed by atoms with Crippen molar-refractivity contribution in [1.82, 2.24) is 9.78 Å². The molecule has 31 heavy (non-hydrogen) atoms. The van der Waals surface area contributed by atoms with Crippen LogP contribution < -0.4 is 15.8 Å². The summed E-state index contributed by atoms with van der Waals surface area (Å²) in [5.74, 6) is -1.000. The molecule has 0 aliphatic carbocycles. The first-order chi connectivity index (χ1) is 15.0. The fourth-order valence-electron chi connectivity index (χ4n) is 4.45. The number of aryl methyl sites for hydroxylation is 1. The Morgan fingerprint density at radius 1 is 1.19 bits per heavy atom. The zero-order valence-corrected chi connectivity index (χ0v) is 17.0. The second-order valence-electron chi connectivity index (χ2n) is 7.32. The Kier molecular flexibility index (Phi) is 4.11. The number of rotatable bonds is 3. The zero-order valence-electron chi connectivity index (χ0n) is 17.0. The average Bonchev–Trinajstić information content (AvgIpc) is 3.24. The number of anilines is 1. The zero-order chi connectivity index (χ0) is 21.8. The molecule has 8 heteroatoms. The first kappa shape index (κ1) is 18.9. The highest BCUT2D eigenvalue weighted by molar-refractivity contribution is 6.17. The molecule has 2 aromatic carbocycles. The van der Waals surface area contributed by atoms with Crippen molar-refractivity contribution in [2.75, 3.05) is 11.9 Å². The smallest absolute Gasteiger partial charge is 0.341 e. The maximum atomic E-state index is 13.6. The van der Waals surface area contributed by atoms with E-state index in [-0.39, 0.29) is 18.1 Å². The third-order valence-electron chi connectivity index (χ3n) is 5.62. The molecule has 156 valence electrons. The number of benzene rings is 2. The Morgan fingerprint density at radius 3 is 2.65 bits per heavy atom. The molecule has 0 saturated carbocycles. The van der Waals surface area contributed by atoms with Crippen molar-refractivity contribution >= 4 is 17.6 Å². The van der Waals surface area contributed by atoms with Crippen LogP contribution in [-0.4, -0.2) is 28.3 Å². The molecule has 0 radical (unpaired) electrons. The molecule has 0 bridgehead atoms. The lowest BCUT2D eigenvalue weighted by molar-refractivity contribution is -0.140. The first-order valence-electron chi connectivity index (χ1n) is 9.91. The van der Waals surface area contributed by atoms with E-state index < -0.39 is 17.3 Å². The number of carbonyl (C=O) groups excluding carboxylic acids is 2. The van der Waals surface area contributed by atoms with Gasteiger partial charge >= 0.3 is 5.97 Å². The number of carbonyl (C=O) groups is 2. The predicted octanol–water partition coefficient (Wildman–Crippen LogP) is 2.54. The van der Waals surface area contributed by atoms with Crippen molar-refractivity contribution in [2.45, 2.75) is 19.3 Å². The Balaban J connectivity index is 1.87. The van der Waals surface area contributed by atoms with E-state index in [2.05, 4.69) is 10.4 Å². The molecular weight excluding hydrogens is 396 g/mol. The molecule has 0 saturated heterocycles. The lowest BCUT2D eigenvalue weighted by Crippen LogP contribution is -2.46. The topological polar surface area (TPSA) is 108 Å². The molecule has 2 aliphatic rings. The van der Waals surface area contributed by atoms with Gasteiger partial charge in [0, 0.05) is 11.3 Å². The van der Waals surface area contributed by atoms with Crippen molar-refractivity contribution in [3.63, 3.8) is 0 Å². The summed E-state index contributed by atoms with van der Waals surface area (Å²) in [5.41, 5.74) is 7.67. The van der Waals surface area contributed by atoms with Crippen molar-refractivity contribution in [3.8, 4) is 11.6 Å². The van der Waals surface area contributed by atoms with E-state index in [1.54, 1.807) is 30.7 Å². The van der Waals surface area contributed by atoms with E-state index in [4.69, 9.17) is 15.2 Å². The monoisotopic (exact) mass is 416 g/mol. The molecular formula is C23H20N4O4. The van der Waals surface area contributed by atoms with Crippen LogP contribution in [0.1, 0.15) is 23.7 Å². The van der Waals surface area contributed by atoms with Crippen molar-refractivity contribution in [1.29, 1.82) is 0 Å². The molecule has 3 aromatic rings. The van der Waals surface area contributed by atoms with Crippen LogP contribution in [0.4, 0.5) is 5.69 Å². The van der Waals surface area contributed by atoms with Gasteiger partial charge in [0.2, 0.25) is 17.7 Å². The fraction of sp³-hybridized carbons (Fsp3) is 0.174. The van der Waals surface area contributed by atoms with Gasteiger partial charge in [0.25, 0.3) is 0 Å². The maximum absolute atomic E-state index is 13.6. The molecule has 1 unspecified atom stereocenters. The van der Waals surface area contributed by atoms with Crippen LogP contribution in [0.2, 0.25) is 0 Å². The van der Waals surface area contributed by atoms with Crippen LogP contribution in [0.5, 0.6) is 5.88 Å². The number of para-hydroxylation sites is 2. The van der Waals surface area contributed by atoms with Gasteiger partial charge in [0.1, 0.15) is 11.0 Å². The molecule has 1 spiro atoms. The van der Waals surface area contributed by atoms with E-state index in [0.29, 0.717) is 28.4 Å². The van der Waals surface area contributed by atoms with E-state index in [1.807, 2.05) is 42.5 Å². The molecule has 8 nitrogen and oxygen atoms in total. The summed E-state index contributed by atoms with van der Waals surface area (Å²) in [5, 5.41) is 7.53. The van der Waals surface area contributed by atoms with Crippen molar-refractivity contribution < 1.29 is 19.1 Å². The average molecular weight is 416 g/mol. The molecule has 0 fully saturated rings. The number of amides is 1. The fourth-order valence-corrected chi connectivity index (χ4v) is 4.45. The van der Waals surface area contributed by atoms with Crippen molar-refractivity contribution in [3.05, 3.63) is 82.9 Å². The van der Waals surface area contributed by atoms with E-state index >= 15 is 0 Å². The molecule has 5 rings (SSSR count). The van der Waals surface area contributed by atoms with Gasteiger partial charge in [-0.15, -0.1) is 0 Å². The van der Waals surface area contributed by atoms with Crippen LogP contribution >= 0.6 is 0 Å². The number of hydrogen-bond acceptors (Lipinski definition) is 6. The van der Waals surface area contributed by atoms with Crippen LogP contribution in [0, 0.1) is 6.92 Å². The number of hydrogen-bond donors (Lipinski definition) is 2. The summed E-state index contributed by atoms with van der Waals surface area (Å²) in [6.45, 7) is 3.60. The second kappa shape index (κ2) is 6.73. The Labute approximate surface area is 178 Å². The minimum absolute atomic E-state index is 0.0417. The normalized spacial score (nSPS) is 19.0. The molecule has 1 atom stereocenters. The van der Waals surface area contributed by atoms with Gasteiger partial charge in [-0.1, -0.05) is 36.4 Å². The minimum atomic E-state index is -1.53. The third-order valence-corrected chi connectivity index (χ3v) is 5.62. The molecule has 2 aliphatic heterocycles.